The van der Waals surface area contributed by atoms with Crippen molar-refractivity contribution in [2.45, 2.75) is 27.3 Å². The molecule has 9 heteroatoms. The molecule has 1 aromatic carbocycles. The van der Waals surface area contributed by atoms with Crippen LogP contribution in [-0.2, 0) is 6.54 Å². The van der Waals surface area contributed by atoms with Crippen molar-refractivity contribution in [2.24, 2.45) is 0 Å². The van der Waals surface area contributed by atoms with E-state index < -0.39 is 11.4 Å². The van der Waals surface area contributed by atoms with Crippen LogP contribution in [0.2, 0.25) is 0 Å². The molecule has 4 rings (SSSR count). The summed E-state index contributed by atoms with van der Waals surface area (Å²) in [6.07, 6.45) is 0. The molecule has 1 saturated heterocycles. The van der Waals surface area contributed by atoms with Gasteiger partial charge in [-0.3, -0.25) is 14.5 Å². The van der Waals surface area contributed by atoms with Gasteiger partial charge in [0.15, 0.2) is 11.5 Å². The van der Waals surface area contributed by atoms with E-state index in [1.54, 1.807) is 27.0 Å². The second-order valence-electron chi connectivity index (χ2n) is 8.31. The maximum atomic E-state index is 15.4. The van der Waals surface area contributed by atoms with E-state index in [2.05, 4.69) is 41.9 Å². The minimum atomic E-state index is -0.478. The first kappa shape index (κ1) is 23.4. The molecule has 1 aliphatic heterocycles. The van der Waals surface area contributed by atoms with Gasteiger partial charge in [-0.1, -0.05) is 5.92 Å². The number of aryl methyl sites for hydroxylation is 2. The molecule has 0 bridgehead atoms. The van der Waals surface area contributed by atoms with Crippen molar-refractivity contribution in [2.75, 3.05) is 38.1 Å². The number of carbonyl (C=O) groups is 1. The van der Waals surface area contributed by atoms with Gasteiger partial charge in [0.1, 0.15) is 16.7 Å². The van der Waals surface area contributed by atoms with Crippen LogP contribution in [-0.4, -0.2) is 59.0 Å². The summed E-state index contributed by atoms with van der Waals surface area (Å²) in [5, 5.41) is 2.65. The summed E-state index contributed by atoms with van der Waals surface area (Å²) in [5.41, 5.74) is 3.35. The molecule has 0 radical (unpaired) electrons. The number of hydrogen-bond acceptors (Lipinski definition) is 6. The summed E-state index contributed by atoms with van der Waals surface area (Å²) >= 11 is 0. The Kier molecular flexibility index (Phi) is 6.61. The fourth-order valence-electron chi connectivity index (χ4n) is 4.18. The zero-order chi connectivity index (χ0) is 24.4. The van der Waals surface area contributed by atoms with Crippen LogP contribution in [0.3, 0.4) is 0 Å². The fraction of sp³-hybridized carbons (Fsp3) is 0.360. The highest BCUT2D eigenvalue weighted by Crippen LogP contribution is 2.25. The third kappa shape index (κ3) is 4.50. The van der Waals surface area contributed by atoms with E-state index in [0.717, 1.165) is 11.4 Å². The van der Waals surface area contributed by atoms with E-state index in [4.69, 9.17) is 0 Å². The Morgan fingerprint density at radius 3 is 2.62 bits per heavy atom. The number of halogens is 1. The van der Waals surface area contributed by atoms with Gasteiger partial charge in [-0.05, 0) is 39.0 Å². The van der Waals surface area contributed by atoms with Crippen LogP contribution >= 0.6 is 0 Å². The number of aromatic amines is 1. The molecule has 1 fully saturated rings. The number of benzene rings is 1. The Balaban J connectivity index is 1.57. The lowest BCUT2D eigenvalue weighted by molar-refractivity contribution is 0.0958. The lowest BCUT2D eigenvalue weighted by atomic mass is 10.1. The van der Waals surface area contributed by atoms with Crippen molar-refractivity contribution >= 4 is 22.6 Å². The third-order valence-electron chi connectivity index (χ3n) is 5.98. The van der Waals surface area contributed by atoms with Crippen LogP contribution in [0.4, 0.5) is 10.1 Å². The topological polar surface area (TPSA) is 94.2 Å². The number of H-pyrrole nitrogens is 1. The maximum Gasteiger partial charge on any atom is 0.271 e. The summed E-state index contributed by atoms with van der Waals surface area (Å²) in [5.74, 6) is 5.13. The van der Waals surface area contributed by atoms with Crippen molar-refractivity contribution in [3.05, 3.63) is 62.6 Å². The number of piperazine rings is 1. The van der Waals surface area contributed by atoms with E-state index in [0.29, 0.717) is 55.1 Å². The number of aromatic nitrogens is 3. The molecule has 3 aromatic rings. The van der Waals surface area contributed by atoms with Crippen molar-refractivity contribution in [3.63, 3.8) is 0 Å². The van der Waals surface area contributed by atoms with E-state index in [1.165, 1.54) is 0 Å². The smallest absolute Gasteiger partial charge is 0.271 e. The van der Waals surface area contributed by atoms with Gasteiger partial charge < -0.3 is 15.2 Å². The normalized spacial score (nSPS) is 14.1. The van der Waals surface area contributed by atoms with E-state index >= 15 is 4.39 Å². The molecule has 0 aliphatic carbocycles. The maximum absolute atomic E-state index is 15.4. The van der Waals surface area contributed by atoms with Crippen LogP contribution in [0.5, 0.6) is 0 Å². The molecule has 1 aliphatic rings. The molecule has 8 nitrogen and oxygen atoms in total. The van der Waals surface area contributed by atoms with Crippen LogP contribution in [0.15, 0.2) is 23.0 Å². The number of nitrogens with zero attached hydrogens (tertiary/aromatic N) is 4. The van der Waals surface area contributed by atoms with E-state index in [9.17, 15) is 9.59 Å². The quantitative estimate of drug-likeness (QED) is 0.577. The van der Waals surface area contributed by atoms with E-state index in [-0.39, 0.29) is 17.1 Å². The van der Waals surface area contributed by atoms with Gasteiger partial charge in [0.05, 0.1) is 11.3 Å². The summed E-state index contributed by atoms with van der Waals surface area (Å²) in [7, 11) is 1.59. The van der Waals surface area contributed by atoms with Crippen LogP contribution in [0.25, 0.3) is 11.0 Å². The second-order valence-corrected chi connectivity index (χ2v) is 8.31. The van der Waals surface area contributed by atoms with Crippen LogP contribution in [0.1, 0.15) is 39.9 Å². The van der Waals surface area contributed by atoms with Crippen molar-refractivity contribution in [1.29, 1.82) is 0 Å². The van der Waals surface area contributed by atoms with Gasteiger partial charge in [-0.25, -0.2) is 14.4 Å². The largest absolute Gasteiger partial charge is 0.367 e. The summed E-state index contributed by atoms with van der Waals surface area (Å²) in [6.45, 7) is 8.22. The number of anilines is 1. The summed E-state index contributed by atoms with van der Waals surface area (Å²) < 4.78 is 15.4. The van der Waals surface area contributed by atoms with E-state index in [1.807, 2.05) is 19.1 Å². The standard InChI is InChI=1S/C25H27FN6O2/c1-5-6-17-13-18(20(26)23-21(17)29-16(3)24(33)30-23)14-31-9-11-32(12-10-31)19-8-7-15(2)28-22(19)25(34)27-4/h7-8,13H,9-12,14H2,1-4H3,(H,27,34)(H,30,33). The molecule has 0 atom stereocenters. The van der Waals surface area contributed by atoms with Gasteiger partial charge in [-0.15, -0.1) is 5.92 Å². The highest BCUT2D eigenvalue weighted by atomic mass is 19.1. The molecule has 1 amide bonds. The zero-order valence-corrected chi connectivity index (χ0v) is 19.8. The van der Waals surface area contributed by atoms with Gasteiger partial charge in [0.2, 0.25) is 0 Å². The molecule has 0 spiro atoms. The Bertz CT molecular complexity index is 1380. The van der Waals surface area contributed by atoms with Crippen molar-refractivity contribution in [1.82, 2.24) is 25.2 Å². The average molecular weight is 463 g/mol. The lowest BCUT2D eigenvalue weighted by Crippen LogP contribution is -2.46. The highest BCUT2D eigenvalue weighted by molar-refractivity contribution is 5.97. The Morgan fingerprint density at radius 1 is 1.21 bits per heavy atom. The number of hydrogen-bond donors (Lipinski definition) is 2. The first-order valence-electron chi connectivity index (χ1n) is 11.1. The van der Waals surface area contributed by atoms with Gasteiger partial charge in [0.25, 0.3) is 11.5 Å². The first-order chi connectivity index (χ1) is 16.3. The Hall–Kier alpha value is -3.77. The molecule has 176 valence electrons. The van der Waals surface area contributed by atoms with Crippen LogP contribution in [0, 0.1) is 31.5 Å². The number of pyridine rings is 1. The second kappa shape index (κ2) is 9.61. The van der Waals surface area contributed by atoms with Crippen molar-refractivity contribution < 1.29 is 9.18 Å². The molecule has 2 N–H and O–H groups in total. The summed E-state index contributed by atoms with van der Waals surface area (Å²) in [6, 6.07) is 5.54. The van der Waals surface area contributed by atoms with Gasteiger partial charge in [-0.2, -0.15) is 0 Å². The number of carbonyl (C=O) groups excluding carboxylic acids is 1. The predicted octanol–water partition coefficient (Wildman–Crippen LogP) is 2.13. The van der Waals surface area contributed by atoms with Gasteiger partial charge >= 0.3 is 0 Å². The minimum Gasteiger partial charge on any atom is -0.367 e. The Morgan fingerprint density at radius 2 is 1.94 bits per heavy atom. The molecule has 0 saturated carbocycles. The van der Waals surface area contributed by atoms with Crippen LogP contribution < -0.4 is 15.8 Å². The predicted molar refractivity (Wildman–Crippen MR) is 129 cm³/mol. The molecule has 2 aromatic heterocycles. The fourth-order valence-corrected chi connectivity index (χ4v) is 4.18. The monoisotopic (exact) mass is 462 g/mol. The molecule has 3 heterocycles. The average Bonchev–Trinajstić information content (AvgIpc) is 2.83. The molecular weight excluding hydrogens is 435 g/mol. The first-order valence-corrected chi connectivity index (χ1v) is 11.1. The minimum absolute atomic E-state index is 0.0884. The lowest BCUT2D eigenvalue weighted by Gasteiger charge is -2.36. The van der Waals surface area contributed by atoms with Crippen molar-refractivity contribution in [3.8, 4) is 11.8 Å². The number of amides is 1. The Labute approximate surface area is 197 Å². The third-order valence-corrected chi connectivity index (χ3v) is 5.98. The van der Waals surface area contributed by atoms with Gasteiger partial charge in [0, 0.05) is 51.0 Å². The number of rotatable bonds is 4. The highest BCUT2D eigenvalue weighted by Gasteiger charge is 2.24. The number of fused-ring (bicyclic) bond motifs is 1. The zero-order valence-electron chi connectivity index (χ0n) is 19.8. The molecule has 34 heavy (non-hydrogen) atoms. The SMILES string of the molecule is CC#Cc1cc(CN2CCN(c3ccc(C)nc3C(=O)NC)CC2)c(F)c2[nH]c(=O)c(C)nc12. The molecular formula is C25H27FN6O2. The summed E-state index contributed by atoms with van der Waals surface area (Å²) in [4.78, 5) is 40.0. The molecule has 0 unspecified atom stereocenters. The number of nitrogens with one attached hydrogen (secondary N) is 2.